The van der Waals surface area contributed by atoms with Gasteiger partial charge in [-0.25, -0.2) is 0 Å². The lowest BCUT2D eigenvalue weighted by Gasteiger charge is -2.13. The van der Waals surface area contributed by atoms with Crippen LogP contribution in [0.2, 0.25) is 0 Å². The summed E-state index contributed by atoms with van der Waals surface area (Å²) in [6, 6.07) is 4.12. The van der Waals surface area contributed by atoms with Gasteiger partial charge in [0.05, 0.1) is 0 Å². The molecule has 2 N–H and O–H groups in total. The molecule has 0 aromatic carbocycles. The molecule has 1 aromatic heterocycles. The molecule has 1 aliphatic rings. The molecule has 0 radical (unpaired) electrons. The van der Waals surface area contributed by atoms with Crippen LogP contribution in [0.15, 0.2) is 85.2 Å². The number of rotatable bonds is 22. The smallest absolute Gasteiger partial charge is 0.223 e. The topological polar surface area (TPSA) is 74.3 Å². The van der Waals surface area contributed by atoms with Crippen molar-refractivity contribution < 1.29 is 9.59 Å². The van der Waals surface area contributed by atoms with Crippen LogP contribution in [-0.4, -0.2) is 54.4 Å². The van der Waals surface area contributed by atoms with E-state index in [0.29, 0.717) is 25.9 Å². The second kappa shape index (κ2) is 25.0. The van der Waals surface area contributed by atoms with Crippen molar-refractivity contribution in [3.05, 3.63) is 96.4 Å². The zero-order valence-corrected chi connectivity index (χ0v) is 26.4. The Morgan fingerprint density at radius 2 is 1.40 bits per heavy atom. The van der Waals surface area contributed by atoms with E-state index in [1.165, 1.54) is 25.9 Å². The first kappa shape index (κ1) is 35.7. The molecular formula is C37H54N4O2. The van der Waals surface area contributed by atoms with Crippen LogP contribution >= 0.6 is 0 Å². The number of nitrogens with one attached hydrogen (secondary N) is 2. The van der Waals surface area contributed by atoms with Crippen molar-refractivity contribution in [2.24, 2.45) is 0 Å². The van der Waals surface area contributed by atoms with Crippen molar-refractivity contribution in [1.82, 2.24) is 20.5 Å². The number of hydrogen-bond acceptors (Lipinski definition) is 4. The minimum absolute atomic E-state index is 0.0258. The summed E-state index contributed by atoms with van der Waals surface area (Å²) in [6.07, 6.45) is 38.6. The molecule has 1 aliphatic heterocycles. The van der Waals surface area contributed by atoms with Gasteiger partial charge in [-0.15, -0.1) is 0 Å². The molecule has 0 unspecified atom stereocenters. The van der Waals surface area contributed by atoms with E-state index in [0.717, 1.165) is 69.2 Å². The molecule has 0 bridgehead atoms. The Balaban J connectivity index is 1.41. The summed E-state index contributed by atoms with van der Waals surface area (Å²) < 4.78 is 0. The molecule has 2 rings (SSSR count). The Bertz CT molecular complexity index is 1060. The Morgan fingerprint density at radius 1 is 0.791 bits per heavy atom. The second-order valence-corrected chi connectivity index (χ2v) is 10.8. The van der Waals surface area contributed by atoms with Gasteiger partial charge >= 0.3 is 0 Å². The number of aromatic nitrogens is 1. The van der Waals surface area contributed by atoms with Crippen LogP contribution in [0.3, 0.4) is 0 Å². The lowest BCUT2D eigenvalue weighted by molar-refractivity contribution is -0.122. The number of likely N-dealkylation sites (tertiary alicyclic amines) is 1. The summed E-state index contributed by atoms with van der Waals surface area (Å²) in [5.41, 5.74) is 2.10. The van der Waals surface area contributed by atoms with Gasteiger partial charge < -0.3 is 15.5 Å². The van der Waals surface area contributed by atoms with E-state index < -0.39 is 0 Å². The number of pyridine rings is 1. The van der Waals surface area contributed by atoms with Gasteiger partial charge in [-0.3, -0.25) is 14.6 Å². The van der Waals surface area contributed by atoms with Crippen molar-refractivity contribution in [1.29, 1.82) is 0 Å². The van der Waals surface area contributed by atoms with Crippen molar-refractivity contribution >= 4 is 17.9 Å². The van der Waals surface area contributed by atoms with Gasteiger partial charge in [0.25, 0.3) is 0 Å². The van der Waals surface area contributed by atoms with Crippen molar-refractivity contribution in [2.45, 2.75) is 84.0 Å². The highest BCUT2D eigenvalue weighted by Crippen LogP contribution is 2.09. The van der Waals surface area contributed by atoms with Gasteiger partial charge in [-0.2, -0.15) is 0 Å². The molecule has 1 aromatic rings. The summed E-state index contributed by atoms with van der Waals surface area (Å²) >= 11 is 0. The van der Waals surface area contributed by atoms with Gasteiger partial charge in [0, 0.05) is 50.8 Å². The summed E-state index contributed by atoms with van der Waals surface area (Å²) in [5.74, 6) is -0.0306. The maximum Gasteiger partial charge on any atom is 0.223 e. The highest BCUT2D eigenvalue weighted by molar-refractivity contribution is 5.78. The van der Waals surface area contributed by atoms with Crippen molar-refractivity contribution in [2.75, 3.05) is 32.7 Å². The fourth-order valence-corrected chi connectivity index (χ4v) is 4.58. The normalized spacial score (nSPS) is 14.5. The van der Waals surface area contributed by atoms with Crippen LogP contribution in [-0.2, 0) is 16.0 Å². The predicted molar refractivity (Wildman–Crippen MR) is 182 cm³/mol. The Morgan fingerprint density at radius 3 is 2.00 bits per heavy atom. The van der Waals surface area contributed by atoms with Gasteiger partial charge in [-0.1, -0.05) is 85.9 Å². The average Bonchev–Trinajstić information content (AvgIpc) is 3.54. The zero-order valence-electron chi connectivity index (χ0n) is 26.4. The van der Waals surface area contributed by atoms with E-state index in [1.807, 2.05) is 18.3 Å². The van der Waals surface area contributed by atoms with Crippen molar-refractivity contribution in [3.63, 3.8) is 0 Å². The lowest BCUT2D eigenvalue weighted by atomic mass is 10.2. The molecule has 0 spiro atoms. The molecule has 234 valence electrons. The zero-order chi connectivity index (χ0) is 30.6. The van der Waals surface area contributed by atoms with Crippen LogP contribution in [0.1, 0.15) is 88.8 Å². The van der Waals surface area contributed by atoms with Crippen LogP contribution in [0.25, 0.3) is 6.08 Å². The molecule has 0 saturated carbocycles. The predicted octanol–water partition coefficient (Wildman–Crippen LogP) is 7.28. The molecule has 2 heterocycles. The van der Waals surface area contributed by atoms with E-state index in [2.05, 4.69) is 100 Å². The van der Waals surface area contributed by atoms with Gasteiger partial charge in [0.1, 0.15) is 0 Å². The summed E-state index contributed by atoms with van der Waals surface area (Å²) in [7, 11) is 0. The number of unbranched alkanes of at least 4 members (excludes halogenated alkanes) is 1. The molecule has 0 atom stereocenters. The van der Waals surface area contributed by atoms with E-state index in [-0.39, 0.29) is 11.8 Å². The van der Waals surface area contributed by atoms with Gasteiger partial charge in [0.15, 0.2) is 0 Å². The maximum atomic E-state index is 12.1. The average molecular weight is 587 g/mol. The van der Waals surface area contributed by atoms with E-state index in [4.69, 9.17) is 0 Å². The minimum atomic E-state index is -0.0564. The third-order valence-corrected chi connectivity index (χ3v) is 7.05. The van der Waals surface area contributed by atoms with Crippen molar-refractivity contribution in [3.8, 4) is 0 Å². The number of amides is 2. The van der Waals surface area contributed by atoms with E-state index >= 15 is 0 Å². The Hall–Kier alpha value is -3.51. The lowest BCUT2D eigenvalue weighted by Crippen LogP contribution is -2.34. The highest BCUT2D eigenvalue weighted by Gasteiger charge is 2.11. The van der Waals surface area contributed by atoms with Gasteiger partial charge in [0.2, 0.25) is 11.8 Å². The van der Waals surface area contributed by atoms with Crippen LogP contribution in [0.5, 0.6) is 0 Å². The highest BCUT2D eigenvalue weighted by atomic mass is 16.2. The minimum Gasteiger partial charge on any atom is -0.354 e. The monoisotopic (exact) mass is 586 g/mol. The van der Waals surface area contributed by atoms with Crippen LogP contribution in [0.4, 0.5) is 0 Å². The Kier molecular flexibility index (Phi) is 20.8. The quantitative estimate of drug-likeness (QED) is 0.111. The molecular weight excluding hydrogens is 532 g/mol. The fourth-order valence-electron chi connectivity index (χ4n) is 4.58. The third-order valence-electron chi connectivity index (χ3n) is 7.05. The number of allylic oxidation sites excluding steroid dienone is 10. The molecule has 1 saturated heterocycles. The molecule has 1 fully saturated rings. The van der Waals surface area contributed by atoms with Gasteiger partial charge in [-0.05, 0) is 82.5 Å². The first-order valence-corrected chi connectivity index (χ1v) is 16.3. The van der Waals surface area contributed by atoms with E-state index in [1.54, 1.807) is 0 Å². The second-order valence-electron chi connectivity index (χ2n) is 10.8. The summed E-state index contributed by atoms with van der Waals surface area (Å²) in [4.78, 5) is 31.1. The standard InChI is InChI=1S/C37H54N4O2/c1-2-3-4-5-6-7-8-9-10-11-12-13-14-15-16-17-18-23-36(42)38-28-29-39-37(43)24-21-22-34-25-26-35(40-33-34)27-32-41-30-19-20-31-41/h3-4,6-7,9-10,12-13,15-16,21-22,25-26,33H,2,5,8,11,14,17-20,23-24,27-32H2,1H3,(H,38,42)(H,39,43)/b4-3-,7-6-,10-9-,13-12-,16-15-,22-21+. The SMILES string of the molecule is CC/C=C\C/C=C\C/C=C\C/C=C\C/C=C\CCCC(=O)NCCNC(=O)C/C=C/c1ccc(CCN2CCCC2)nc1. The van der Waals surface area contributed by atoms with Crippen LogP contribution in [0, 0.1) is 0 Å². The molecule has 6 heteroatoms. The number of carbonyl (C=O) groups excluding carboxylic acids is 2. The fraction of sp³-hybridized carbons (Fsp3) is 0.486. The summed E-state index contributed by atoms with van der Waals surface area (Å²) in [5, 5.41) is 5.73. The Labute approximate surface area is 260 Å². The first-order valence-electron chi connectivity index (χ1n) is 16.3. The number of carbonyl (C=O) groups is 2. The molecule has 0 aliphatic carbocycles. The van der Waals surface area contributed by atoms with E-state index in [9.17, 15) is 9.59 Å². The summed E-state index contributed by atoms with van der Waals surface area (Å²) in [6.45, 7) is 6.52. The molecule has 2 amide bonds. The number of nitrogens with zero attached hydrogens (tertiary/aromatic N) is 2. The molecule has 6 nitrogen and oxygen atoms in total. The van der Waals surface area contributed by atoms with Crippen LogP contribution < -0.4 is 10.6 Å². The first-order chi connectivity index (χ1) is 21.2. The third kappa shape index (κ3) is 20.1. The largest absolute Gasteiger partial charge is 0.354 e. The maximum absolute atomic E-state index is 12.1. The number of hydrogen-bond donors (Lipinski definition) is 2. The molecule has 43 heavy (non-hydrogen) atoms.